The Hall–Kier alpha value is -2.67. The SMILES string of the molecule is CC/C=C(\OC)c1ccccc1CN1C(C)CN(Cc2ccc(C(=O)NO)cc2)CC1C. The van der Waals surface area contributed by atoms with Crippen molar-refractivity contribution in [2.24, 2.45) is 0 Å². The van der Waals surface area contributed by atoms with E-state index in [2.05, 4.69) is 60.9 Å². The van der Waals surface area contributed by atoms with Crippen LogP contribution in [0, 0.1) is 0 Å². The van der Waals surface area contributed by atoms with Gasteiger partial charge in [0.2, 0.25) is 0 Å². The van der Waals surface area contributed by atoms with E-state index < -0.39 is 5.91 Å². The third kappa shape index (κ3) is 5.76. The van der Waals surface area contributed by atoms with E-state index in [0.717, 1.165) is 43.9 Å². The van der Waals surface area contributed by atoms with Gasteiger partial charge < -0.3 is 4.74 Å². The third-order valence-corrected chi connectivity index (χ3v) is 6.15. The highest BCUT2D eigenvalue weighted by molar-refractivity contribution is 5.93. The van der Waals surface area contributed by atoms with Crippen molar-refractivity contribution < 1.29 is 14.7 Å². The molecule has 172 valence electrons. The zero-order valence-electron chi connectivity index (χ0n) is 19.5. The van der Waals surface area contributed by atoms with E-state index >= 15 is 0 Å². The number of methoxy groups -OCH3 is 1. The summed E-state index contributed by atoms with van der Waals surface area (Å²) in [6, 6.07) is 16.7. The predicted molar refractivity (Wildman–Crippen MR) is 127 cm³/mol. The lowest BCUT2D eigenvalue weighted by Crippen LogP contribution is -2.55. The fourth-order valence-corrected chi connectivity index (χ4v) is 4.58. The summed E-state index contributed by atoms with van der Waals surface area (Å²) in [6.45, 7) is 10.4. The van der Waals surface area contributed by atoms with Gasteiger partial charge >= 0.3 is 0 Å². The molecule has 3 rings (SSSR count). The maximum Gasteiger partial charge on any atom is 0.274 e. The first-order valence-corrected chi connectivity index (χ1v) is 11.3. The number of hydroxylamine groups is 1. The molecule has 1 aliphatic rings. The summed E-state index contributed by atoms with van der Waals surface area (Å²) >= 11 is 0. The van der Waals surface area contributed by atoms with Crippen LogP contribution in [-0.2, 0) is 17.8 Å². The summed E-state index contributed by atoms with van der Waals surface area (Å²) in [7, 11) is 1.74. The lowest BCUT2D eigenvalue weighted by Gasteiger charge is -2.44. The summed E-state index contributed by atoms with van der Waals surface area (Å²) < 4.78 is 5.67. The van der Waals surface area contributed by atoms with Crippen LogP contribution in [-0.4, -0.2) is 53.2 Å². The summed E-state index contributed by atoms with van der Waals surface area (Å²) in [5, 5.41) is 8.77. The molecule has 6 nitrogen and oxygen atoms in total. The molecule has 0 spiro atoms. The quantitative estimate of drug-likeness (QED) is 0.366. The Morgan fingerprint density at radius 1 is 1.09 bits per heavy atom. The average Bonchev–Trinajstić information content (AvgIpc) is 2.80. The number of allylic oxidation sites excluding steroid dienone is 1. The van der Waals surface area contributed by atoms with Crippen molar-refractivity contribution in [3.05, 3.63) is 76.9 Å². The molecule has 0 saturated carbocycles. The molecule has 0 aliphatic carbocycles. The number of piperazine rings is 1. The number of hydrogen-bond acceptors (Lipinski definition) is 5. The first-order valence-electron chi connectivity index (χ1n) is 11.3. The number of amides is 1. The second kappa shape index (κ2) is 11.3. The van der Waals surface area contributed by atoms with Crippen LogP contribution >= 0.6 is 0 Å². The molecule has 1 fully saturated rings. The van der Waals surface area contributed by atoms with Crippen LogP contribution in [0.15, 0.2) is 54.6 Å². The van der Waals surface area contributed by atoms with E-state index in [1.807, 2.05) is 12.1 Å². The van der Waals surface area contributed by atoms with Crippen molar-refractivity contribution in [2.45, 2.75) is 52.4 Å². The van der Waals surface area contributed by atoms with Gasteiger partial charge in [0.1, 0.15) is 5.76 Å². The van der Waals surface area contributed by atoms with E-state index in [9.17, 15) is 4.79 Å². The number of carbonyl (C=O) groups is 1. The number of rotatable bonds is 8. The van der Waals surface area contributed by atoms with Gasteiger partial charge in [-0.05, 0) is 49.6 Å². The minimum atomic E-state index is -0.488. The van der Waals surface area contributed by atoms with Crippen LogP contribution < -0.4 is 5.48 Å². The lowest BCUT2D eigenvalue weighted by atomic mass is 10.0. The van der Waals surface area contributed by atoms with E-state index in [4.69, 9.17) is 9.94 Å². The molecule has 2 aromatic carbocycles. The van der Waals surface area contributed by atoms with Crippen molar-refractivity contribution in [3.8, 4) is 0 Å². The largest absolute Gasteiger partial charge is 0.496 e. The molecular weight excluding hydrogens is 402 g/mol. The van der Waals surface area contributed by atoms with E-state index in [-0.39, 0.29) is 0 Å². The maximum absolute atomic E-state index is 11.5. The van der Waals surface area contributed by atoms with Gasteiger partial charge in [-0.25, -0.2) is 5.48 Å². The first kappa shape index (κ1) is 24.0. The van der Waals surface area contributed by atoms with Crippen LogP contribution in [0.5, 0.6) is 0 Å². The number of nitrogens with zero attached hydrogens (tertiary/aromatic N) is 2. The molecule has 0 aromatic heterocycles. The minimum Gasteiger partial charge on any atom is -0.496 e. The van der Waals surface area contributed by atoms with Crippen LogP contribution in [0.3, 0.4) is 0 Å². The number of nitrogens with one attached hydrogen (secondary N) is 1. The predicted octanol–water partition coefficient (Wildman–Crippen LogP) is 4.30. The van der Waals surface area contributed by atoms with Crippen molar-refractivity contribution in [1.82, 2.24) is 15.3 Å². The first-order chi connectivity index (χ1) is 15.5. The van der Waals surface area contributed by atoms with Gasteiger partial charge in [-0.15, -0.1) is 0 Å². The lowest BCUT2D eigenvalue weighted by molar-refractivity contribution is 0.0289. The highest BCUT2D eigenvalue weighted by Crippen LogP contribution is 2.26. The van der Waals surface area contributed by atoms with Crippen LogP contribution in [0.4, 0.5) is 0 Å². The molecule has 0 radical (unpaired) electrons. The van der Waals surface area contributed by atoms with Crippen LogP contribution in [0.2, 0.25) is 0 Å². The Balaban J connectivity index is 1.67. The standard InChI is InChI=1S/C26H35N3O3/c1-5-8-25(32-4)24-10-7-6-9-23(24)18-29-19(2)15-28(16-20(29)3)17-21-11-13-22(14-12-21)26(30)27-31/h6-14,19-20,31H,5,15-18H2,1-4H3,(H,27,30)/b25-8-. The highest BCUT2D eigenvalue weighted by atomic mass is 16.5. The van der Waals surface area contributed by atoms with Gasteiger partial charge in [0, 0.05) is 49.4 Å². The zero-order valence-corrected chi connectivity index (χ0v) is 19.5. The molecule has 2 aromatic rings. The Kier molecular flexibility index (Phi) is 8.45. The molecular formula is C26H35N3O3. The summed E-state index contributed by atoms with van der Waals surface area (Å²) in [5.74, 6) is 0.457. The Bertz CT molecular complexity index is 914. The maximum atomic E-state index is 11.5. The molecule has 2 N–H and O–H groups in total. The van der Waals surface area contributed by atoms with Gasteiger partial charge in [-0.3, -0.25) is 19.8 Å². The number of carbonyl (C=O) groups excluding carboxylic acids is 1. The second-order valence-electron chi connectivity index (χ2n) is 8.54. The zero-order chi connectivity index (χ0) is 23.1. The fourth-order valence-electron chi connectivity index (χ4n) is 4.58. The molecule has 6 heteroatoms. The molecule has 2 unspecified atom stereocenters. The Morgan fingerprint density at radius 2 is 1.75 bits per heavy atom. The Morgan fingerprint density at radius 3 is 2.34 bits per heavy atom. The molecule has 1 aliphatic heterocycles. The second-order valence-corrected chi connectivity index (χ2v) is 8.54. The van der Waals surface area contributed by atoms with Gasteiger partial charge in [0.05, 0.1) is 7.11 Å². The topological polar surface area (TPSA) is 65.0 Å². The summed E-state index contributed by atoms with van der Waals surface area (Å²) in [6.07, 6.45) is 3.08. The van der Waals surface area contributed by atoms with E-state index in [0.29, 0.717) is 17.6 Å². The average molecular weight is 438 g/mol. The fraction of sp³-hybridized carbons (Fsp3) is 0.423. The van der Waals surface area contributed by atoms with Crippen molar-refractivity contribution in [3.63, 3.8) is 0 Å². The van der Waals surface area contributed by atoms with Crippen molar-refractivity contribution in [2.75, 3.05) is 20.2 Å². The molecule has 1 saturated heterocycles. The Labute approximate surface area is 191 Å². The molecule has 0 bridgehead atoms. The molecule has 32 heavy (non-hydrogen) atoms. The monoisotopic (exact) mass is 437 g/mol. The third-order valence-electron chi connectivity index (χ3n) is 6.15. The molecule has 1 amide bonds. The smallest absolute Gasteiger partial charge is 0.274 e. The number of benzene rings is 2. The summed E-state index contributed by atoms with van der Waals surface area (Å²) in [5.41, 5.74) is 5.75. The molecule has 1 heterocycles. The van der Waals surface area contributed by atoms with Crippen LogP contribution in [0.25, 0.3) is 5.76 Å². The number of ether oxygens (including phenoxy) is 1. The van der Waals surface area contributed by atoms with Crippen LogP contribution in [0.1, 0.15) is 54.2 Å². The van der Waals surface area contributed by atoms with Gasteiger partial charge in [-0.2, -0.15) is 0 Å². The number of hydrogen-bond donors (Lipinski definition) is 2. The van der Waals surface area contributed by atoms with E-state index in [1.54, 1.807) is 24.7 Å². The van der Waals surface area contributed by atoms with Crippen molar-refractivity contribution in [1.29, 1.82) is 0 Å². The molecule has 2 atom stereocenters. The van der Waals surface area contributed by atoms with Gasteiger partial charge in [0.15, 0.2) is 0 Å². The minimum absolute atomic E-state index is 0.410. The summed E-state index contributed by atoms with van der Waals surface area (Å²) in [4.78, 5) is 16.6. The van der Waals surface area contributed by atoms with Crippen molar-refractivity contribution >= 4 is 11.7 Å². The normalized spacial score (nSPS) is 20.2. The van der Waals surface area contributed by atoms with Gasteiger partial charge in [-0.1, -0.05) is 43.3 Å². The van der Waals surface area contributed by atoms with Gasteiger partial charge in [0.25, 0.3) is 5.91 Å². The van der Waals surface area contributed by atoms with E-state index in [1.165, 1.54) is 11.1 Å². The highest BCUT2D eigenvalue weighted by Gasteiger charge is 2.30.